The van der Waals surface area contributed by atoms with Gasteiger partial charge in [0.15, 0.2) is 0 Å². The molecule has 1 aliphatic heterocycles. The predicted octanol–water partition coefficient (Wildman–Crippen LogP) is 5.59. The molecule has 176 valence electrons. The summed E-state index contributed by atoms with van der Waals surface area (Å²) in [5, 5.41) is 2.86. The molecular weight excluding hydrogens is 443 g/mol. The van der Waals surface area contributed by atoms with Crippen LogP contribution in [0.25, 0.3) is 0 Å². The topological polar surface area (TPSA) is 52.7 Å². The number of carbonyl (C=O) groups excluding carboxylic acids is 2. The van der Waals surface area contributed by atoms with Crippen molar-refractivity contribution in [3.8, 4) is 0 Å². The summed E-state index contributed by atoms with van der Waals surface area (Å²) in [4.78, 5) is 28.5. The Morgan fingerprint density at radius 1 is 0.941 bits per heavy atom. The van der Waals surface area contributed by atoms with Crippen LogP contribution < -0.4 is 5.32 Å². The number of halogens is 3. The molecule has 1 atom stereocenters. The highest BCUT2D eigenvalue weighted by Crippen LogP contribution is 2.37. The fourth-order valence-electron chi connectivity index (χ4n) is 4.15. The molecule has 1 heterocycles. The van der Waals surface area contributed by atoms with Crippen LogP contribution >= 0.6 is 0 Å². The normalized spacial score (nSPS) is 15.4. The van der Waals surface area contributed by atoms with E-state index < -0.39 is 17.8 Å². The predicted molar refractivity (Wildman–Crippen MR) is 124 cm³/mol. The Hall–Kier alpha value is -3.81. The van der Waals surface area contributed by atoms with Crippen molar-refractivity contribution >= 4 is 17.6 Å². The number of alkyl halides is 3. The summed E-state index contributed by atoms with van der Waals surface area (Å²) in [6, 6.07) is 18.3. The Morgan fingerprint density at radius 3 is 2.21 bits per heavy atom. The lowest BCUT2D eigenvalue weighted by molar-refractivity contribution is -0.137. The number of amides is 3. The minimum absolute atomic E-state index is 0.145. The number of rotatable bonds is 3. The molecule has 0 aliphatic carbocycles. The van der Waals surface area contributed by atoms with Crippen LogP contribution in [0.3, 0.4) is 0 Å². The Kier molecular flexibility index (Phi) is 6.32. The standard InChI is InChI=1S/C26H24F3N3O2/c1-31(2)24(33)19-9-13-21(14-10-19)30-25(34)32-16-15-17-5-3-4-6-22(17)23(32)18-7-11-20(12-8-18)26(27,28)29/h3-14,23H,15-16H2,1-2H3,(H,30,34). The molecule has 0 saturated carbocycles. The summed E-state index contributed by atoms with van der Waals surface area (Å²) in [6.45, 7) is 0.408. The zero-order valence-electron chi connectivity index (χ0n) is 18.8. The van der Waals surface area contributed by atoms with Crippen molar-refractivity contribution in [2.75, 3.05) is 26.0 Å². The Labute approximate surface area is 195 Å². The van der Waals surface area contributed by atoms with Crippen molar-refractivity contribution in [2.24, 2.45) is 0 Å². The van der Waals surface area contributed by atoms with Crippen LogP contribution in [0, 0.1) is 0 Å². The summed E-state index contributed by atoms with van der Waals surface area (Å²) in [5.74, 6) is -0.145. The van der Waals surface area contributed by atoms with Crippen LogP contribution in [-0.4, -0.2) is 42.4 Å². The molecule has 3 aromatic rings. The van der Waals surface area contributed by atoms with Gasteiger partial charge in [-0.15, -0.1) is 0 Å². The van der Waals surface area contributed by atoms with Gasteiger partial charge in [-0.1, -0.05) is 36.4 Å². The summed E-state index contributed by atoms with van der Waals surface area (Å²) >= 11 is 0. The van der Waals surface area contributed by atoms with Crippen molar-refractivity contribution in [1.29, 1.82) is 0 Å². The van der Waals surface area contributed by atoms with Gasteiger partial charge in [-0.2, -0.15) is 13.2 Å². The summed E-state index contributed by atoms with van der Waals surface area (Å²) in [7, 11) is 3.32. The van der Waals surface area contributed by atoms with E-state index >= 15 is 0 Å². The molecule has 0 saturated heterocycles. The van der Waals surface area contributed by atoms with Gasteiger partial charge in [0.1, 0.15) is 0 Å². The number of benzene rings is 3. The minimum atomic E-state index is -4.43. The Balaban J connectivity index is 1.62. The highest BCUT2D eigenvalue weighted by Gasteiger charge is 2.34. The highest BCUT2D eigenvalue weighted by atomic mass is 19.4. The highest BCUT2D eigenvalue weighted by molar-refractivity contribution is 5.95. The van der Waals surface area contributed by atoms with Crippen molar-refractivity contribution < 1.29 is 22.8 Å². The largest absolute Gasteiger partial charge is 0.416 e. The smallest absolute Gasteiger partial charge is 0.345 e. The molecule has 34 heavy (non-hydrogen) atoms. The van der Waals surface area contributed by atoms with E-state index in [1.54, 1.807) is 43.3 Å². The third-order valence-corrected chi connectivity index (χ3v) is 5.89. The summed E-state index contributed by atoms with van der Waals surface area (Å²) in [6.07, 6.45) is -3.79. The molecule has 3 amide bonds. The molecule has 1 N–H and O–H groups in total. The molecule has 0 bridgehead atoms. The third-order valence-electron chi connectivity index (χ3n) is 5.89. The zero-order chi connectivity index (χ0) is 24.5. The first kappa shape index (κ1) is 23.4. The van der Waals surface area contributed by atoms with Crippen LogP contribution in [0.5, 0.6) is 0 Å². The van der Waals surface area contributed by atoms with Crippen molar-refractivity contribution in [3.05, 3.63) is 101 Å². The number of hydrogen-bond acceptors (Lipinski definition) is 2. The van der Waals surface area contributed by atoms with Gasteiger partial charge in [0.05, 0.1) is 11.6 Å². The molecule has 0 aromatic heterocycles. The van der Waals surface area contributed by atoms with Crippen LogP contribution in [0.4, 0.5) is 23.7 Å². The fourth-order valence-corrected chi connectivity index (χ4v) is 4.15. The number of fused-ring (bicyclic) bond motifs is 1. The monoisotopic (exact) mass is 467 g/mol. The van der Waals surface area contributed by atoms with E-state index in [1.165, 1.54) is 17.0 Å². The van der Waals surface area contributed by atoms with Gasteiger partial charge in [0.25, 0.3) is 5.91 Å². The van der Waals surface area contributed by atoms with E-state index in [4.69, 9.17) is 0 Å². The van der Waals surface area contributed by atoms with Crippen LogP contribution in [0.15, 0.2) is 72.8 Å². The maximum Gasteiger partial charge on any atom is 0.416 e. The van der Waals surface area contributed by atoms with E-state index in [0.29, 0.717) is 29.8 Å². The number of nitrogens with zero attached hydrogens (tertiary/aromatic N) is 2. The first-order chi connectivity index (χ1) is 16.1. The second kappa shape index (κ2) is 9.21. The number of nitrogens with one attached hydrogen (secondary N) is 1. The maximum atomic E-state index is 13.3. The van der Waals surface area contributed by atoms with Gasteiger partial charge in [-0.25, -0.2) is 4.79 Å². The number of anilines is 1. The lowest BCUT2D eigenvalue weighted by Crippen LogP contribution is -2.43. The van der Waals surface area contributed by atoms with Gasteiger partial charge in [0, 0.05) is 31.9 Å². The van der Waals surface area contributed by atoms with Gasteiger partial charge < -0.3 is 15.1 Å². The van der Waals surface area contributed by atoms with Crippen molar-refractivity contribution in [2.45, 2.75) is 18.6 Å². The molecule has 0 fully saturated rings. The lowest BCUT2D eigenvalue weighted by atomic mass is 9.88. The van der Waals surface area contributed by atoms with Crippen molar-refractivity contribution in [1.82, 2.24) is 9.80 Å². The second-order valence-corrected chi connectivity index (χ2v) is 8.37. The van der Waals surface area contributed by atoms with Crippen molar-refractivity contribution in [3.63, 3.8) is 0 Å². The van der Waals surface area contributed by atoms with Gasteiger partial charge in [-0.05, 0) is 59.5 Å². The lowest BCUT2D eigenvalue weighted by Gasteiger charge is -2.37. The zero-order valence-corrected chi connectivity index (χ0v) is 18.8. The third kappa shape index (κ3) is 4.76. The SMILES string of the molecule is CN(C)C(=O)c1ccc(NC(=O)N2CCc3ccccc3C2c2ccc(C(F)(F)F)cc2)cc1. The van der Waals surface area contributed by atoms with Crippen LogP contribution in [0.2, 0.25) is 0 Å². The summed E-state index contributed by atoms with van der Waals surface area (Å²) in [5.41, 5.74) is 2.83. The number of urea groups is 1. The molecule has 0 radical (unpaired) electrons. The molecule has 5 nitrogen and oxygen atoms in total. The first-order valence-electron chi connectivity index (χ1n) is 10.8. The molecule has 1 unspecified atom stereocenters. The van der Waals surface area contributed by atoms with Gasteiger partial charge in [-0.3, -0.25) is 4.79 Å². The van der Waals surface area contributed by atoms with Crippen LogP contribution in [-0.2, 0) is 12.6 Å². The molecule has 0 spiro atoms. The fraction of sp³-hybridized carbons (Fsp3) is 0.231. The average Bonchev–Trinajstić information content (AvgIpc) is 2.82. The minimum Gasteiger partial charge on any atom is -0.345 e. The second-order valence-electron chi connectivity index (χ2n) is 8.37. The van der Waals surface area contributed by atoms with E-state index in [-0.39, 0.29) is 11.9 Å². The number of carbonyl (C=O) groups is 2. The molecular formula is C26H24F3N3O2. The first-order valence-corrected chi connectivity index (χ1v) is 10.8. The van der Waals surface area contributed by atoms with E-state index in [1.807, 2.05) is 24.3 Å². The molecule has 8 heteroatoms. The van der Waals surface area contributed by atoms with Gasteiger partial charge in [0.2, 0.25) is 0 Å². The van der Waals surface area contributed by atoms with E-state index in [0.717, 1.165) is 23.3 Å². The number of hydrogen-bond donors (Lipinski definition) is 1. The Bertz CT molecular complexity index is 1190. The molecule has 4 rings (SSSR count). The van der Waals surface area contributed by atoms with Crippen LogP contribution in [0.1, 0.15) is 38.7 Å². The quantitative estimate of drug-likeness (QED) is 0.546. The van der Waals surface area contributed by atoms with Gasteiger partial charge >= 0.3 is 12.2 Å². The Morgan fingerprint density at radius 2 is 1.59 bits per heavy atom. The maximum absolute atomic E-state index is 13.3. The van der Waals surface area contributed by atoms with E-state index in [2.05, 4.69) is 5.32 Å². The average molecular weight is 467 g/mol. The van der Waals surface area contributed by atoms with E-state index in [9.17, 15) is 22.8 Å². The molecule has 3 aromatic carbocycles. The summed E-state index contributed by atoms with van der Waals surface area (Å²) < 4.78 is 39.2. The molecule has 1 aliphatic rings.